The van der Waals surface area contributed by atoms with Gasteiger partial charge in [-0.05, 0) is 23.8 Å². The number of hydrogen-bond acceptors (Lipinski definition) is 2. The Bertz CT molecular complexity index is 530. The summed E-state index contributed by atoms with van der Waals surface area (Å²) in [4.78, 5) is 11.5. The van der Waals surface area contributed by atoms with E-state index < -0.39 is 0 Å². The Kier molecular flexibility index (Phi) is 3.89. The Hall–Kier alpha value is -1.22. The smallest absolute Gasteiger partial charge is 0.189 e. The number of hydrogen-bond donors (Lipinski definition) is 0. The van der Waals surface area contributed by atoms with Gasteiger partial charge in [0.1, 0.15) is 0 Å². The SMILES string of the molecule is CCSC(=O)CCc1cn(C)c2ccccc12. The molecule has 90 valence electrons. The second-order valence-electron chi connectivity index (χ2n) is 4.09. The molecule has 0 fully saturated rings. The second kappa shape index (κ2) is 5.41. The van der Waals surface area contributed by atoms with Crippen molar-refractivity contribution in [3.63, 3.8) is 0 Å². The fraction of sp³-hybridized carbons (Fsp3) is 0.357. The molecule has 1 aromatic carbocycles. The van der Waals surface area contributed by atoms with E-state index in [0.717, 1.165) is 12.2 Å². The summed E-state index contributed by atoms with van der Waals surface area (Å²) in [5.41, 5.74) is 2.51. The van der Waals surface area contributed by atoms with Gasteiger partial charge in [0.2, 0.25) is 0 Å². The molecule has 0 aliphatic heterocycles. The summed E-state index contributed by atoms with van der Waals surface area (Å²) in [5, 5.41) is 1.56. The van der Waals surface area contributed by atoms with E-state index in [-0.39, 0.29) is 0 Å². The van der Waals surface area contributed by atoms with Crippen LogP contribution >= 0.6 is 11.8 Å². The van der Waals surface area contributed by atoms with Crippen molar-refractivity contribution < 1.29 is 4.79 Å². The molecule has 0 aliphatic rings. The number of thioether (sulfide) groups is 1. The fourth-order valence-corrected chi connectivity index (χ4v) is 2.66. The third-order valence-electron chi connectivity index (χ3n) is 2.88. The lowest BCUT2D eigenvalue weighted by Gasteiger charge is -1.98. The maximum Gasteiger partial charge on any atom is 0.189 e. The van der Waals surface area contributed by atoms with Gasteiger partial charge in [0, 0.05) is 30.6 Å². The summed E-state index contributed by atoms with van der Waals surface area (Å²) < 4.78 is 2.13. The first kappa shape index (κ1) is 12.2. The first-order valence-corrected chi connectivity index (χ1v) is 6.89. The van der Waals surface area contributed by atoms with E-state index in [4.69, 9.17) is 0 Å². The van der Waals surface area contributed by atoms with Gasteiger partial charge in [0.05, 0.1) is 0 Å². The number of nitrogens with zero attached hydrogens (tertiary/aromatic N) is 1. The molecule has 0 N–H and O–H groups in total. The summed E-state index contributed by atoms with van der Waals surface area (Å²) in [6, 6.07) is 8.34. The first-order valence-electron chi connectivity index (χ1n) is 5.91. The van der Waals surface area contributed by atoms with Crippen molar-refractivity contribution in [2.45, 2.75) is 19.8 Å². The van der Waals surface area contributed by atoms with Crippen LogP contribution in [0.4, 0.5) is 0 Å². The monoisotopic (exact) mass is 247 g/mol. The first-order chi connectivity index (χ1) is 8.22. The molecule has 17 heavy (non-hydrogen) atoms. The number of fused-ring (bicyclic) bond motifs is 1. The quantitative estimate of drug-likeness (QED) is 0.826. The lowest BCUT2D eigenvalue weighted by Crippen LogP contribution is -1.95. The van der Waals surface area contributed by atoms with Crippen LogP contribution in [0, 0.1) is 0 Å². The molecule has 0 saturated carbocycles. The van der Waals surface area contributed by atoms with Crippen LogP contribution in [0.2, 0.25) is 0 Å². The number of benzene rings is 1. The third-order valence-corrected chi connectivity index (χ3v) is 3.70. The highest BCUT2D eigenvalue weighted by Crippen LogP contribution is 2.22. The van der Waals surface area contributed by atoms with Gasteiger partial charge in [0.15, 0.2) is 5.12 Å². The molecule has 3 heteroatoms. The average molecular weight is 247 g/mol. The van der Waals surface area contributed by atoms with Crippen molar-refractivity contribution in [3.05, 3.63) is 36.0 Å². The Morgan fingerprint density at radius 2 is 2.12 bits per heavy atom. The van der Waals surface area contributed by atoms with Gasteiger partial charge < -0.3 is 4.57 Å². The summed E-state index contributed by atoms with van der Waals surface area (Å²) in [6.07, 6.45) is 3.61. The molecule has 2 aromatic rings. The van der Waals surface area contributed by atoms with E-state index in [9.17, 15) is 4.79 Å². The lowest BCUT2D eigenvalue weighted by atomic mass is 10.1. The molecule has 2 nitrogen and oxygen atoms in total. The molecular formula is C14H17NOS. The molecule has 0 radical (unpaired) electrons. The van der Waals surface area contributed by atoms with Crippen molar-refractivity contribution in [1.29, 1.82) is 0 Å². The highest BCUT2D eigenvalue weighted by Gasteiger charge is 2.08. The summed E-state index contributed by atoms with van der Waals surface area (Å²) in [5.74, 6) is 0.869. The Balaban J connectivity index is 2.16. The molecule has 2 rings (SSSR count). The van der Waals surface area contributed by atoms with Gasteiger partial charge in [-0.1, -0.05) is 36.9 Å². The zero-order valence-electron chi connectivity index (χ0n) is 10.3. The second-order valence-corrected chi connectivity index (χ2v) is 5.41. The van der Waals surface area contributed by atoms with Crippen LogP contribution in [0.5, 0.6) is 0 Å². The zero-order chi connectivity index (χ0) is 12.3. The molecule has 0 bridgehead atoms. The minimum Gasteiger partial charge on any atom is -0.350 e. The minimum absolute atomic E-state index is 0.292. The number of aryl methyl sites for hydroxylation is 2. The standard InChI is InChI=1S/C14H17NOS/c1-3-17-14(16)9-8-11-10-15(2)13-7-5-4-6-12(11)13/h4-7,10H,3,8-9H2,1-2H3. The van der Waals surface area contributed by atoms with Crippen LogP contribution in [-0.4, -0.2) is 15.4 Å². The van der Waals surface area contributed by atoms with Gasteiger partial charge >= 0.3 is 0 Å². The van der Waals surface area contributed by atoms with Gasteiger partial charge in [-0.2, -0.15) is 0 Å². The van der Waals surface area contributed by atoms with Crippen LogP contribution in [0.25, 0.3) is 10.9 Å². The predicted octanol–water partition coefficient (Wildman–Crippen LogP) is 3.39. The van der Waals surface area contributed by atoms with Gasteiger partial charge in [-0.3, -0.25) is 4.79 Å². The zero-order valence-corrected chi connectivity index (χ0v) is 11.1. The van der Waals surface area contributed by atoms with Gasteiger partial charge in [0.25, 0.3) is 0 Å². The third kappa shape index (κ3) is 2.72. The van der Waals surface area contributed by atoms with E-state index in [1.165, 1.54) is 28.2 Å². The number of rotatable bonds is 4. The number of aromatic nitrogens is 1. The van der Waals surface area contributed by atoms with Crippen LogP contribution in [0.3, 0.4) is 0 Å². The molecular weight excluding hydrogens is 230 g/mol. The normalized spacial score (nSPS) is 10.9. The highest BCUT2D eigenvalue weighted by atomic mass is 32.2. The maximum atomic E-state index is 11.5. The highest BCUT2D eigenvalue weighted by molar-refractivity contribution is 8.13. The molecule has 0 aliphatic carbocycles. The van der Waals surface area contributed by atoms with Crippen molar-refractivity contribution in [3.8, 4) is 0 Å². The number of carbonyl (C=O) groups is 1. The number of para-hydroxylation sites is 1. The molecule has 1 heterocycles. The molecule has 0 saturated heterocycles. The minimum atomic E-state index is 0.292. The van der Waals surface area contributed by atoms with Crippen LogP contribution in [0.15, 0.2) is 30.5 Å². The lowest BCUT2D eigenvalue weighted by molar-refractivity contribution is -0.110. The van der Waals surface area contributed by atoms with E-state index in [0.29, 0.717) is 11.5 Å². The van der Waals surface area contributed by atoms with Crippen LogP contribution in [-0.2, 0) is 18.3 Å². The van der Waals surface area contributed by atoms with E-state index in [2.05, 4.69) is 36.0 Å². The van der Waals surface area contributed by atoms with Crippen molar-refractivity contribution in [2.75, 3.05) is 5.75 Å². The summed E-state index contributed by atoms with van der Waals surface area (Å²) in [7, 11) is 2.05. The summed E-state index contributed by atoms with van der Waals surface area (Å²) >= 11 is 1.42. The molecule has 0 unspecified atom stereocenters. The number of carbonyl (C=O) groups excluding carboxylic acids is 1. The Morgan fingerprint density at radius 1 is 1.35 bits per heavy atom. The molecule has 1 aromatic heterocycles. The van der Waals surface area contributed by atoms with Crippen molar-refractivity contribution in [1.82, 2.24) is 4.57 Å². The van der Waals surface area contributed by atoms with Crippen LogP contribution < -0.4 is 0 Å². The fourth-order valence-electron chi connectivity index (χ4n) is 2.09. The molecule has 0 amide bonds. The van der Waals surface area contributed by atoms with E-state index >= 15 is 0 Å². The van der Waals surface area contributed by atoms with Crippen molar-refractivity contribution in [2.24, 2.45) is 7.05 Å². The maximum absolute atomic E-state index is 11.5. The predicted molar refractivity (Wildman–Crippen MR) is 74.4 cm³/mol. The average Bonchev–Trinajstić information content (AvgIpc) is 2.65. The topological polar surface area (TPSA) is 22.0 Å². The van der Waals surface area contributed by atoms with E-state index in [1.807, 2.05) is 13.0 Å². The Labute approximate surface area is 106 Å². The Morgan fingerprint density at radius 3 is 2.88 bits per heavy atom. The largest absolute Gasteiger partial charge is 0.350 e. The molecule has 0 spiro atoms. The van der Waals surface area contributed by atoms with Crippen molar-refractivity contribution >= 4 is 27.8 Å². The summed E-state index contributed by atoms with van der Waals surface area (Å²) in [6.45, 7) is 2.01. The van der Waals surface area contributed by atoms with Gasteiger partial charge in [-0.15, -0.1) is 0 Å². The molecule has 0 atom stereocenters. The van der Waals surface area contributed by atoms with Crippen LogP contribution in [0.1, 0.15) is 18.9 Å². The van der Waals surface area contributed by atoms with E-state index in [1.54, 1.807) is 0 Å². The van der Waals surface area contributed by atoms with Gasteiger partial charge in [-0.25, -0.2) is 0 Å².